The zero-order chi connectivity index (χ0) is 14.1. The number of aliphatic carboxylic acids is 1. The summed E-state index contributed by atoms with van der Waals surface area (Å²) in [6, 6.07) is 7.13. The van der Waals surface area contributed by atoms with E-state index in [0.29, 0.717) is 6.54 Å². The van der Waals surface area contributed by atoms with Gasteiger partial charge in [0.2, 0.25) is 0 Å². The van der Waals surface area contributed by atoms with Gasteiger partial charge in [0.25, 0.3) is 0 Å². The third-order valence-electron chi connectivity index (χ3n) is 3.78. The average molecular weight is 272 g/mol. The Hall–Kier alpha value is -2.30. The van der Waals surface area contributed by atoms with Crippen LogP contribution >= 0.6 is 0 Å². The molecule has 0 spiro atoms. The van der Waals surface area contributed by atoms with Crippen LogP contribution in [0.25, 0.3) is 10.8 Å². The normalized spacial score (nSPS) is 18.6. The standard InChI is InChI=1S/C15H16N2O3/c18-12-2-1-11-3-5-16-15(13(11)8-12)17-6-4-10(9-17)7-14(19)20/h1-3,5,8,10,18H,4,6-7,9H2,(H,19,20). The Kier molecular flexibility index (Phi) is 3.18. The number of hydrogen-bond donors (Lipinski definition) is 2. The molecule has 3 rings (SSSR count). The molecular weight excluding hydrogens is 256 g/mol. The van der Waals surface area contributed by atoms with Gasteiger partial charge in [0.1, 0.15) is 11.6 Å². The second-order valence-corrected chi connectivity index (χ2v) is 5.24. The number of carboxylic acids is 1. The summed E-state index contributed by atoms with van der Waals surface area (Å²) in [6.45, 7) is 1.51. The molecule has 1 aliphatic heterocycles. The van der Waals surface area contributed by atoms with Crippen molar-refractivity contribution in [3.8, 4) is 5.75 Å². The molecule has 0 bridgehead atoms. The van der Waals surface area contributed by atoms with Crippen molar-refractivity contribution in [2.75, 3.05) is 18.0 Å². The maximum absolute atomic E-state index is 10.8. The van der Waals surface area contributed by atoms with Gasteiger partial charge in [0.15, 0.2) is 0 Å². The van der Waals surface area contributed by atoms with Gasteiger partial charge in [-0.05, 0) is 35.9 Å². The van der Waals surface area contributed by atoms with Gasteiger partial charge in [0.05, 0.1) is 0 Å². The number of fused-ring (bicyclic) bond motifs is 1. The fourth-order valence-corrected chi connectivity index (χ4v) is 2.83. The molecule has 1 aliphatic rings. The molecule has 20 heavy (non-hydrogen) atoms. The minimum absolute atomic E-state index is 0.168. The highest BCUT2D eigenvalue weighted by Gasteiger charge is 2.26. The SMILES string of the molecule is O=C(O)CC1CCN(c2nccc3ccc(O)cc23)C1. The summed E-state index contributed by atoms with van der Waals surface area (Å²) in [5, 5.41) is 20.4. The van der Waals surface area contributed by atoms with Gasteiger partial charge in [0, 0.05) is 31.1 Å². The number of rotatable bonds is 3. The molecule has 1 atom stereocenters. The topological polar surface area (TPSA) is 73.7 Å². The number of aromatic nitrogens is 1. The number of benzene rings is 1. The molecule has 1 aromatic heterocycles. The van der Waals surface area contributed by atoms with E-state index in [-0.39, 0.29) is 18.1 Å². The Labute approximate surface area is 116 Å². The van der Waals surface area contributed by atoms with Crippen LogP contribution in [0.1, 0.15) is 12.8 Å². The summed E-state index contributed by atoms with van der Waals surface area (Å²) >= 11 is 0. The van der Waals surface area contributed by atoms with Gasteiger partial charge in [-0.2, -0.15) is 0 Å². The number of anilines is 1. The van der Waals surface area contributed by atoms with E-state index in [4.69, 9.17) is 5.11 Å². The lowest BCUT2D eigenvalue weighted by atomic mass is 10.1. The number of carbonyl (C=O) groups is 1. The lowest BCUT2D eigenvalue weighted by Crippen LogP contribution is -2.21. The molecule has 5 heteroatoms. The molecule has 1 fully saturated rings. The highest BCUT2D eigenvalue weighted by atomic mass is 16.4. The Balaban J connectivity index is 1.91. The summed E-state index contributed by atoms with van der Waals surface area (Å²) in [7, 11) is 0. The van der Waals surface area contributed by atoms with Crippen molar-refractivity contribution in [3.05, 3.63) is 30.5 Å². The molecule has 2 aromatic rings. The van der Waals surface area contributed by atoms with Crippen molar-refractivity contribution < 1.29 is 15.0 Å². The Morgan fingerprint density at radius 1 is 1.40 bits per heavy atom. The summed E-state index contributed by atoms with van der Waals surface area (Å²) in [5.74, 6) is 0.460. The van der Waals surface area contributed by atoms with E-state index in [1.807, 2.05) is 12.1 Å². The zero-order valence-electron chi connectivity index (χ0n) is 11.0. The Morgan fingerprint density at radius 3 is 3.05 bits per heavy atom. The van der Waals surface area contributed by atoms with E-state index in [1.54, 1.807) is 18.3 Å². The number of pyridine rings is 1. The largest absolute Gasteiger partial charge is 0.508 e. The van der Waals surface area contributed by atoms with Crippen LogP contribution in [0, 0.1) is 5.92 Å². The maximum atomic E-state index is 10.8. The van der Waals surface area contributed by atoms with Crippen LogP contribution in [-0.2, 0) is 4.79 Å². The van der Waals surface area contributed by atoms with Crippen LogP contribution < -0.4 is 4.90 Å². The molecule has 1 saturated heterocycles. The van der Waals surface area contributed by atoms with E-state index in [0.717, 1.165) is 29.6 Å². The highest BCUT2D eigenvalue weighted by Crippen LogP contribution is 2.31. The van der Waals surface area contributed by atoms with E-state index < -0.39 is 5.97 Å². The van der Waals surface area contributed by atoms with E-state index in [1.165, 1.54) is 0 Å². The van der Waals surface area contributed by atoms with Crippen LogP contribution in [0.4, 0.5) is 5.82 Å². The quantitative estimate of drug-likeness (QED) is 0.896. The molecule has 0 amide bonds. The third-order valence-corrected chi connectivity index (χ3v) is 3.78. The summed E-state index contributed by atoms with van der Waals surface area (Å²) < 4.78 is 0. The lowest BCUT2D eigenvalue weighted by Gasteiger charge is -2.19. The van der Waals surface area contributed by atoms with Gasteiger partial charge in [-0.3, -0.25) is 4.79 Å². The van der Waals surface area contributed by atoms with Gasteiger partial charge in [-0.15, -0.1) is 0 Å². The average Bonchev–Trinajstić information content (AvgIpc) is 2.85. The van der Waals surface area contributed by atoms with Crippen molar-refractivity contribution in [1.82, 2.24) is 4.98 Å². The van der Waals surface area contributed by atoms with Crippen molar-refractivity contribution in [2.45, 2.75) is 12.8 Å². The molecule has 0 saturated carbocycles. The van der Waals surface area contributed by atoms with Gasteiger partial charge < -0.3 is 15.1 Å². The number of carboxylic acid groups (broad SMARTS) is 1. The molecule has 0 aliphatic carbocycles. The van der Waals surface area contributed by atoms with Gasteiger partial charge >= 0.3 is 5.97 Å². The number of hydrogen-bond acceptors (Lipinski definition) is 4. The number of aromatic hydroxyl groups is 1. The van der Waals surface area contributed by atoms with Crippen LogP contribution in [0.15, 0.2) is 30.5 Å². The number of nitrogens with zero attached hydrogens (tertiary/aromatic N) is 2. The molecule has 1 aromatic carbocycles. The first-order valence-corrected chi connectivity index (χ1v) is 6.68. The van der Waals surface area contributed by atoms with E-state index in [2.05, 4.69) is 9.88 Å². The maximum Gasteiger partial charge on any atom is 0.303 e. The van der Waals surface area contributed by atoms with Crippen molar-refractivity contribution in [2.24, 2.45) is 5.92 Å². The molecule has 1 unspecified atom stereocenters. The Morgan fingerprint density at radius 2 is 2.25 bits per heavy atom. The third kappa shape index (κ3) is 2.39. The first kappa shape index (κ1) is 12.7. The smallest absolute Gasteiger partial charge is 0.303 e. The lowest BCUT2D eigenvalue weighted by molar-refractivity contribution is -0.137. The van der Waals surface area contributed by atoms with Crippen LogP contribution in [0.5, 0.6) is 5.75 Å². The van der Waals surface area contributed by atoms with Crippen LogP contribution in [0.2, 0.25) is 0 Å². The zero-order valence-corrected chi connectivity index (χ0v) is 11.0. The van der Waals surface area contributed by atoms with E-state index >= 15 is 0 Å². The molecule has 5 nitrogen and oxygen atoms in total. The molecular formula is C15H16N2O3. The predicted octanol–water partition coefficient (Wildman–Crippen LogP) is 2.24. The summed E-state index contributed by atoms with van der Waals surface area (Å²) in [5.41, 5.74) is 0. The minimum atomic E-state index is -0.750. The van der Waals surface area contributed by atoms with Crippen LogP contribution in [0.3, 0.4) is 0 Å². The second-order valence-electron chi connectivity index (χ2n) is 5.24. The minimum Gasteiger partial charge on any atom is -0.508 e. The Bertz CT molecular complexity index is 657. The van der Waals surface area contributed by atoms with Crippen molar-refractivity contribution >= 4 is 22.6 Å². The van der Waals surface area contributed by atoms with Crippen LogP contribution in [-0.4, -0.2) is 34.3 Å². The molecule has 104 valence electrons. The first-order chi connectivity index (χ1) is 9.63. The molecule has 0 radical (unpaired) electrons. The fourth-order valence-electron chi connectivity index (χ4n) is 2.83. The fraction of sp³-hybridized carbons (Fsp3) is 0.333. The van der Waals surface area contributed by atoms with Gasteiger partial charge in [-0.25, -0.2) is 4.98 Å². The van der Waals surface area contributed by atoms with Gasteiger partial charge in [-0.1, -0.05) is 6.07 Å². The first-order valence-electron chi connectivity index (χ1n) is 6.68. The second kappa shape index (κ2) is 5.00. The summed E-state index contributed by atoms with van der Waals surface area (Å²) in [6.07, 6.45) is 2.81. The van der Waals surface area contributed by atoms with Crippen molar-refractivity contribution in [3.63, 3.8) is 0 Å². The molecule has 2 N–H and O–H groups in total. The summed E-state index contributed by atoms with van der Waals surface area (Å²) in [4.78, 5) is 17.3. The molecule has 2 heterocycles. The van der Waals surface area contributed by atoms with Crippen molar-refractivity contribution in [1.29, 1.82) is 0 Å². The monoisotopic (exact) mass is 272 g/mol. The predicted molar refractivity (Wildman–Crippen MR) is 76.0 cm³/mol. The number of phenols is 1. The van der Waals surface area contributed by atoms with E-state index in [9.17, 15) is 9.90 Å². The number of phenolic OH excluding ortho intramolecular Hbond substituents is 1. The highest BCUT2D eigenvalue weighted by molar-refractivity contribution is 5.93.